The molecular weight excluding hydrogens is 617 g/mol. The third-order valence-electron chi connectivity index (χ3n) is 6.84. The molecule has 3 rings (SSSR count). The van der Waals surface area contributed by atoms with Crippen LogP contribution in [0.3, 0.4) is 0 Å². The second kappa shape index (κ2) is 23.0. The fourth-order valence-corrected chi connectivity index (χ4v) is 6.87. The van der Waals surface area contributed by atoms with Crippen LogP contribution < -0.4 is 0 Å². The van der Waals surface area contributed by atoms with Gasteiger partial charge in [0.05, 0.1) is 16.6 Å². The second-order valence-corrected chi connectivity index (χ2v) is 15.5. The summed E-state index contributed by atoms with van der Waals surface area (Å²) in [6, 6.07) is 9.65. The van der Waals surface area contributed by atoms with E-state index in [1.807, 2.05) is 44.2 Å². The number of fused-ring (bicyclic) bond motifs is 3. The van der Waals surface area contributed by atoms with Crippen molar-refractivity contribution in [3.63, 3.8) is 0 Å². The van der Waals surface area contributed by atoms with Crippen LogP contribution in [-0.4, -0.2) is 67.7 Å². The third-order valence-corrected chi connectivity index (χ3v) is 10.5. The molecule has 0 bridgehead atoms. The Morgan fingerprint density at radius 1 is 0.727 bits per heavy atom. The molecule has 3 aromatic rings. The van der Waals surface area contributed by atoms with Gasteiger partial charge < -0.3 is 14.4 Å². The first-order valence-corrected chi connectivity index (χ1v) is 19.4. The van der Waals surface area contributed by atoms with E-state index in [0.29, 0.717) is 6.04 Å². The van der Waals surface area contributed by atoms with E-state index in [9.17, 15) is 0 Å². The number of hydrogen-bond donors (Lipinski definition) is 0. The molecule has 0 spiro atoms. The van der Waals surface area contributed by atoms with E-state index >= 15 is 0 Å². The zero-order valence-electron chi connectivity index (χ0n) is 29.4. The maximum Gasteiger partial charge on any atom is 0.135 e. The second-order valence-electron chi connectivity index (χ2n) is 12.1. The van der Waals surface area contributed by atoms with Gasteiger partial charge in [0.1, 0.15) is 8.64 Å². The Kier molecular flexibility index (Phi) is 21.3. The zero-order chi connectivity index (χ0) is 33.1. The van der Waals surface area contributed by atoms with Crippen molar-refractivity contribution in [2.45, 2.75) is 112 Å². The zero-order valence-corrected chi connectivity index (χ0v) is 32.6. The SMILES string of the molecule is CCC.CCC.Cc1ccc2c3ncc(C)cc3n(C(CCCCCSC(=S)N(C)C)CCCCCSC(=S)N(C)C)c2c1. The van der Waals surface area contributed by atoms with Crippen LogP contribution in [0.2, 0.25) is 0 Å². The Labute approximate surface area is 289 Å². The number of pyridine rings is 1. The summed E-state index contributed by atoms with van der Waals surface area (Å²) in [4.78, 5) is 8.95. The number of aromatic nitrogens is 2. The number of benzene rings is 1. The van der Waals surface area contributed by atoms with E-state index in [1.54, 1.807) is 23.5 Å². The van der Waals surface area contributed by atoms with Crippen molar-refractivity contribution in [2.24, 2.45) is 0 Å². The highest BCUT2D eigenvalue weighted by molar-refractivity contribution is 8.23. The van der Waals surface area contributed by atoms with Gasteiger partial charge in [0.2, 0.25) is 0 Å². The lowest BCUT2D eigenvalue weighted by molar-refractivity contribution is 0.418. The van der Waals surface area contributed by atoms with Crippen LogP contribution in [0, 0.1) is 13.8 Å². The molecule has 1 aromatic carbocycles. The summed E-state index contributed by atoms with van der Waals surface area (Å²) in [6.45, 7) is 12.8. The van der Waals surface area contributed by atoms with Crippen LogP contribution in [0.25, 0.3) is 21.9 Å². The minimum atomic E-state index is 0.478. The Hall–Kier alpha value is -1.35. The summed E-state index contributed by atoms with van der Waals surface area (Å²) < 4.78 is 4.59. The highest BCUT2D eigenvalue weighted by Gasteiger charge is 2.19. The molecule has 0 atom stereocenters. The molecule has 4 nitrogen and oxygen atoms in total. The number of thioether (sulfide) groups is 2. The first-order chi connectivity index (χ1) is 21.0. The van der Waals surface area contributed by atoms with Crippen molar-refractivity contribution in [1.82, 2.24) is 19.4 Å². The van der Waals surface area contributed by atoms with E-state index in [0.717, 1.165) is 25.7 Å². The van der Waals surface area contributed by atoms with Gasteiger partial charge in [-0.1, -0.05) is 126 Å². The van der Waals surface area contributed by atoms with Gasteiger partial charge in [0.15, 0.2) is 0 Å². The summed E-state index contributed by atoms with van der Waals surface area (Å²) >= 11 is 14.5. The normalized spacial score (nSPS) is 10.8. The van der Waals surface area contributed by atoms with Gasteiger partial charge >= 0.3 is 0 Å². The summed E-state index contributed by atoms with van der Waals surface area (Å²) in [5.41, 5.74) is 6.29. The average Bonchev–Trinajstić information content (AvgIpc) is 3.28. The molecule has 0 aliphatic heterocycles. The highest BCUT2D eigenvalue weighted by Crippen LogP contribution is 2.36. The van der Waals surface area contributed by atoms with Crippen LogP contribution in [0.4, 0.5) is 0 Å². The van der Waals surface area contributed by atoms with Crippen molar-refractivity contribution >= 4 is 78.5 Å². The Bertz CT molecular complexity index is 1160. The van der Waals surface area contributed by atoms with Gasteiger partial charge in [-0.25, -0.2) is 0 Å². The van der Waals surface area contributed by atoms with Crippen molar-refractivity contribution in [1.29, 1.82) is 0 Å². The van der Waals surface area contributed by atoms with E-state index in [4.69, 9.17) is 29.4 Å². The fourth-order valence-electron chi connectivity index (χ4n) is 4.81. The van der Waals surface area contributed by atoms with Crippen LogP contribution in [0.1, 0.15) is 109 Å². The van der Waals surface area contributed by atoms with Crippen molar-refractivity contribution in [3.8, 4) is 0 Å². The standard InChI is InChI=1S/C30H44N4S4.2C3H8/c1-22-15-16-25-26(19-22)34(27-20-23(2)21-31-28(25)27)24(13-9-7-11-17-37-29(35)32(3)4)14-10-8-12-18-38-30(36)33(5)6;2*1-3-2/h15-16,19-21,24H,7-14,17-18H2,1-6H3;2*3H2,1-2H3. The lowest BCUT2D eigenvalue weighted by Gasteiger charge is -2.22. The molecule has 2 heterocycles. The molecule has 0 N–H and O–H groups in total. The molecular formula is C36H60N4S4. The molecule has 0 aliphatic carbocycles. The van der Waals surface area contributed by atoms with E-state index in [1.165, 1.54) is 91.8 Å². The molecule has 0 radical (unpaired) electrons. The van der Waals surface area contributed by atoms with Crippen LogP contribution in [0.5, 0.6) is 0 Å². The molecule has 0 unspecified atom stereocenters. The highest BCUT2D eigenvalue weighted by atomic mass is 32.2. The van der Waals surface area contributed by atoms with E-state index < -0.39 is 0 Å². The lowest BCUT2D eigenvalue weighted by Crippen LogP contribution is -2.16. The molecule has 44 heavy (non-hydrogen) atoms. The molecule has 2 aromatic heterocycles. The monoisotopic (exact) mass is 676 g/mol. The van der Waals surface area contributed by atoms with Gasteiger partial charge in [-0.15, -0.1) is 0 Å². The fraction of sp³-hybridized carbons (Fsp3) is 0.639. The van der Waals surface area contributed by atoms with E-state index in [2.05, 4.69) is 70.4 Å². The van der Waals surface area contributed by atoms with Gasteiger partial charge in [-0.3, -0.25) is 4.98 Å². The number of nitrogens with zero attached hydrogens (tertiary/aromatic N) is 4. The third kappa shape index (κ3) is 14.4. The van der Waals surface area contributed by atoms with Gasteiger partial charge in [-0.05, 0) is 62.8 Å². The summed E-state index contributed by atoms with van der Waals surface area (Å²) in [7, 11) is 8.11. The number of thiocarbonyl (C=S) groups is 2. The predicted octanol–water partition coefficient (Wildman–Crippen LogP) is 11.5. The van der Waals surface area contributed by atoms with Crippen LogP contribution in [0.15, 0.2) is 30.5 Å². The smallest absolute Gasteiger partial charge is 0.135 e. The number of rotatable bonds is 13. The molecule has 0 aliphatic rings. The van der Waals surface area contributed by atoms with Crippen LogP contribution >= 0.6 is 48.0 Å². The number of unbranched alkanes of at least 4 members (excludes halogenated alkanes) is 4. The maximum atomic E-state index is 5.44. The van der Waals surface area contributed by atoms with Crippen molar-refractivity contribution in [2.75, 3.05) is 39.7 Å². The Balaban J connectivity index is 0.00000149. The number of aryl methyl sites for hydroxylation is 2. The largest absolute Gasteiger partial charge is 0.364 e. The summed E-state index contributed by atoms with van der Waals surface area (Å²) in [5.74, 6) is 2.21. The quantitative estimate of drug-likeness (QED) is 0.131. The van der Waals surface area contributed by atoms with Crippen LogP contribution in [-0.2, 0) is 0 Å². The minimum Gasteiger partial charge on any atom is -0.364 e. The molecule has 0 saturated carbocycles. The van der Waals surface area contributed by atoms with Crippen molar-refractivity contribution in [3.05, 3.63) is 41.6 Å². The molecule has 8 heteroatoms. The maximum absolute atomic E-state index is 5.44. The number of hydrogen-bond acceptors (Lipinski definition) is 5. The first-order valence-electron chi connectivity index (χ1n) is 16.6. The minimum absolute atomic E-state index is 0.478. The topological polar surface area (TPSA) is 24.3 Å². The summed E-state index contributed by atoms with van der Waals surface area (Å²) in [6.07, 6.45) is 14.3. The molecule has 0 saturated heterocycles. The Morgan fingerprint density at radius 3 is 1.68 bits per heavy atom. The van der Waals surface area contributed by atoms with Gasteiger partial charge in [-0.2, -0.15) is 0 Å². The molecule has 248 valence electrons. The average molecular weight is 677 g/mol. The van der Waals surface area contributed by atoms with Gasteiger partial charge in [0, 0.05) is 57.3 Å². The first kappa shape index (κ1) is 40.7. The molecule has 0 fully saturated rings. The predicted molar refractivity (Wildman–Crippen MR) is 212 cm³/mol. The lowest BCUT2D eigenvalue weighted by atomic mass is 10.0. The van der Waals surface area contributed by atoms with E-state index in [-0.39, 0.29) is 0 Å². The van der Waals surface area contributed by atoms with Gasteiger partial charge in [0.25, 0.3) is 0 Å². The summed E-state index contributed by atoms with van der Waals surface area (Å²) in [5, 5.41) is 1.28. The molecule has 0 amide bonds. The van der Waals surface area contributed by atoms with Crippen molar-refractivity contribution < 1.29 is 0 Å². The Morgan fingerprint density at radius 2 is 1.20 bits per heavy atom.